The van der Waals surface area contributed by atoms with Crippen LogP contribution in [0.15, 0.2) is 18.2 Å². The lowest BCUT2D eigenvalue weighted by molar-refractivity contribution is -0.130. The van der Waals surface area contributed by atoms with E-state index >= 15 is 0 Å². The van der Waals surface area contributed by atoms with Crippen molar-refractivity contribution in [2.45, 2.75) is 44.9 Å². The molecule has 0 spiro atoms. The fraction of sp³-hybridized carbons (Fsp3) is 0.556. The summed E-state index contributed by atoms with van der Waals surface area (Å²) in [7, 11) is 0. The van der Waals surface area contributed by atoms with Gasteiger partial charge in [-0.3, -0.25) is 9.59 Å². The first-order chi connectivity index (χ1) is 11.6. The molecule has 1 atom stereocenters. The Morgan fingerprint density at radius 1 is 1.21 bits per heavy atom. The maximum atomic E-state index is 13.1. The zero-order chi connectivity index (χ0) is 17.4. The van der Waals surface area contributed by atoms with E-state index in [4.69, 9.17) is 0 Å². The summed E-state index contributed by atoms with van der Waals surface area (Å²) < 4.78 is 25.9. The Hall–Kier alpha value is -1.98. The van der Waals surface area contributed by atoms with Crippen molar-refractivity contribution >= 4 is 11.8 Å². The van der Waals surface area contributed by atoms with E-state index in [0.29, 0.717) is 19.5 Å². The molecule has 1 aliphatic heterocycles. The summed E-state index contributed by atoms with van der Waals surface area (Å²) >= 11 is 0. The summed E-state index contributed by atoms with van der Waals surface area (Å²) in [6, 6.07) is 3.91. The van der Waals surface area contributed by atoms with Gasteiger partial charge in [-0.15, -0.1) is 0 Å². The van der Waals surface area contributed by atoms with E-state index in [1.807, 2.05) is 0 Å². The first kappa shape index (κ1) is 18.4. The molecular formula is C18H24F2N2O2. The van der Waals surface area contributed by atoms with Gasteiger partial charge in [0.15, 0.2) is 11.6 Å². The highest BCUT2D eigenvalue weighted by Crippen LogP contribution is 2.16. The lowest BCUT2D eigenvalue weighted by Crippen LogP contribution is -2.34. The summed E-state index contributed by atoms with van der Waals surface area (Å²) in [6.45, 7) is 1.22. The molecule has 1 aromatic carbocycles. The van der Waals surface area contributed by atoms with E-state index in [1.54, 1.807) is 6.07 Å². The summed E-state index contributed by atoms with van der Waals surface area (Å²) in [5.41, 5.74) is 0.746. The number of aryl methyl sites for hydroxylation is 1. The molecule has 24 heavy (non-hydrogen) atoms. The Labute approximate surface area is 141 Å². The number of rotatable bonds is 7. The summed E-state index contributed by atoms with van der Waals surface area (Å²) in [5, 5.41) is 5.65. The lowest BCUT2D eigenvalue weighted by atomic mass is 9.98. The number of hydrogen-bond donors (Lipinski definition) is 2. The molecule has 0 bridgehead atoms. The van der Waals surface area contributed by atoms with E-state index in [9.17, 15) is 18.4 Å². The van der Waals surface area contributed by atoms with Crippen LogP contribution in [0.1, 0.15) is 44.1 Å². The number of unbranched alkanes of at least 4 members (excludes halogenated alkanes) is 1. The third-order valence-electron chi connectivity index (χ3n) is 4.28. The van der Waals surface area contributed by atoms with E-state index in [2.05, 4.69) is 10.6 Å². The van der Waals surface area contributed by atoms with Crippen molar-refractivity contribution in [1.82, 2.24) is 10.6 Å². The van der Waals surface area contributed by atoms with Crippen LogP contribution in [0, 0.1) is 17.6 Å². The second-order valence-electron chi connectivity index (χ2n) is 6.24. The van der Waals surface area contributed by atoms with Crippen LogP contribution in [-0.4, -0.2) is 24.9 Å². The number of nitrogens with one attached hydrogen (secondary N) is 2. The highest BCUT2D eigenvalue weighted by atomic mass is 19.2. The van der Waals surface area contributed by atoms with Crippen LogP contribution in [0.2, 0.25) is 0 Å². The molecule has 1 aliphatic rings. The molecule has 0 aromatic heterocycles. The Bertz CT molecular complexity index is 578. The van der Waals surface area contributed by atoms with E-state index in [1.165, 1.54) is 6.07 Å². The van der Waals surface area contributed by atoms with Crippen molar-refractivity contribution in [3.8, 4) is 0 Å². The van der Waals surface area contributed by atoms with Crippen molar-refractivity contribution in [2.24, 2.45) is 5.92 Å². The van der Waals surface area contributed by atoms with Crippen molar-refractivity contribution < 1.29 is 18.4 Å². The largest absolute Gasteiger partial charge is 0.356 e. The standard InChI is InChI=1S/C18H24F2N2O2/c19-15-8-7-13(11-16(15)20)5-1-3-9-21-17(23)12-14-6-2-4-10-22-18(14)24/h7-8,11,14H,1-6,9-10,12H2,(H,21,23)(H,22,24). The van der Waals surface area contributed by atoms with Gasteiger partial charge in [0.05, 0.1) is 0 Å². The Morgan fingerprint density at radius 3 is 2.83 bits per heavy atom. The minimum atomic E-state index is -0.839. The molecule has 132 valence electrons. The molecule has 0 radical (unpaired) electrons. The van der Waals surface area contributed by atoms with Crippen LogP contribution in [0.5, 0.6) is 0 Å². The highest BCUT2D eigenvalue weighted by molar-refractivity contribution is 5.85. The van der Waals surface area contributed by atoms with E-state index < -0.39 is 11.6 Å². The number of amides is 2. The molecule has 1 aromatic rings. The minimum Gasteiger partial charge on any atom is -0.356 e. The van der Waals surface area contributed by atoms with Crippen LogP contribution in [0.4, 0.5) is 8.78 Å². The topological polar surface area (TPSA) is 58.2 Å². The van der Waals surface area contributed by atoms with Gasteiger partial charge in [-0.1, -0.05) is 12.5 Å². The summed E-state index contributed by atoms with van der Waals surface area (Å²) in [4.78, 5) is 23.7. The van der Waals surface area contributed by atoms with Gasteiger partial charge in [0.25, 0.3) is 0 Å². The molecule has 1 heterocycles. The first-order valence-electron chi connectivity index (χ1n) is 8.54. The average molecular weight is 338 g/mol. The molecule has 2 amide bonds. The highest BCUT2D eigenvalue weighted by Gasteiger charge is 2.23. The fourth-order valence-corrected chi connectivity index (χ4v) is 2.87. The minimum absolute atomic E-state index is 0.0269. The second kappa shape index (κ2) is 9.35. The SMILES string of the molecule is O=C(CC1CCCCNC1=O)NCCCCc1ccc(F)c(F)c1. The van der Waals surface area contributed by atoms with Crippen LogP contribution in [-0.2, 0) is 16.0 Å². The third-order valence-corrected chi connectivity index (χ3v) is 4.28. The van der Waals surface area contributed by atoms with Crippen LogP contribution < -0.4 is 10.6 Å². The number of halogens is 2. The quantitative estimate of drug-likeness (QED) is 0.751. The molecule has 1 fully saturated rings. The molecule has 1 saturated heterocycles. The van der Waals surface area contributed by atoms with Gasteiger partial charge in [0, 0.05) is 25.4 Å². The monoisotopic (exact) mass is 338 g/mol. The normalized spacial score (nSPS) is 17.9. The lowest BCUT2D eigenvalue weighted by Gasteiger charge is -2.12. The maximum Gasteiger partial charge on any atom is 0.223 e. The van der Waals surface area contributed by atoms with Crippen molar-refractivity contribution in [3.63, 3.8) is 0 Å². The van der Waals surface area contributed by atoms with Crippen molar-refractivity contribution in [2.75, 3.05) is 13.1 Å². The van der Waals surface area contributed by atoms with Crippen molar-refractivity contribution in [1.29, 1.82) is 0 Å². The van der Waals surface area contributed by atoms with E-state index in [-0.39, 0.29) is 24.2 Å². The molecule has 4 nitrogen and oxygen atoms in total. The predicted octanol–water partition coefficient (Wildman–Crippen LogP) is 2.71. The number of carbonyl (C=O) groups is 2. The molecule has 2 rings (SSSR count). The Kier molecular flexibility index (Phi) is 7.15. The summed E-state index contributed by atoms with van der Waals surface area (Å²) in [5.74, 6) is -2.03. The third kappa shape index (κ3) is 5.91. The van der Waals surface area contributed by atoms with Gasteiger partial charge >= 0.3 is 0 Å². The first-order valence-corrected chi connectivity index (χ1v) is 8.54. The van der Waals surface area contributed by atoms with Gasteiger partial charge in [-0.05, 0) is 49.8 Å². The molecule has 0 saturated carbocycles. The van der Waals surface area contributed by atoms with Gasteiger partial charge in [0.2, 0.25) is 11.8 Å². The maximum absolute atomic E-state index is 13.1. The zero-order valence-corrected chi connectivity index (χ0v) is 13.7. The van der Waals surface area contributed by atoms with Crippen LogP contribution >= 0.6 is 0 Å². The summed E-state index contributed by atoms with van der Waals surface area (Å²) in [6.07, 6.45) is 5.08. The molecular weight excluding hydrogens is 314 g/mol. The van der Waals surface area contributed by atoms with Crippen LogP contribution in [0.25, 0.3) is 0 Å². The number of benzene rings is 1. The number of carbonyl (C=O) groups excluding carboxylic acids is 2. The molecule has 2 N–H and O–H groups in total. The van der Waals surface area contributed by atoms with Gasteiger partial charge < -0.3 is 10.6 Å². The van der Waals surface area contributed by atoms with Gasteiger partial charge in [-0.25, -0.2) is 8.78 Å². The molecule has 0 aliphatic carbocycles. The van der Waals surface area contributed by atoms with E-state index in [0.717, 1.165) is 43.7 Å². The smallest absolute Gasteiger partial charge is 0.223 e. The molecule has 1 unspecified atom stereocenters. The van der Waals surface area contributed by atoms with Crippen LogP contribution in [0.3, 0.4) is 0 Å². The van der Waals surface area contributed by atoms with Gasteiger partial charge in [0.1, 0.15) is 0 Å². The Balaban J connectivity index is 1.62. The average Bonchev–Trinajstić information content (AvgIpc) is 2.75. The van der Waals surface area contributed by atoms with Gasteiger partial charge in [-0.2, -0.15) is 0 Å². The fourth-order valence-electron chi connectivity index (χ4n) is 2.87. The number of hydrogen-bond acceptors (Lipinski definition) is 2. The Morgan fingerprint density at radius 2 is 2.04 bits per heavy atom. The second-order valence-corrected chi connectivity index (χ2v) is 6.24. The predicted molar refractivity (Wildman–Crippen MR) is 87.3 cm³/mol. The zero-order valence-electron chi connectivity index (χ0n) is 13.7. The molecule has 6 heteroatoms. The van der Waals surface area contributed by atoms with Crippen molar-refractivity contribution in [3.05, 3.63) is 35.4 Å².